The average Bonchev–Trinajstić information content (AvgIpc) is 2.17. The lowest BCUT2D eigenvalue weighted by Gasteiger charge is -2.01. The molecule has 2 N–H and O–H groups in total. The van der Waals surface area contributed by atoms with Gasteiger partial charge in [-0.15, -0.1) is 0 Å². The molecule has 13 heavy (non-hydrogen) atoms. The van der Waals surface area contributed by atoms with Crippen molar-refractivity contribution in [1.29, 1.82) is 0 Å². The predicted molar refractivity (Wildman–Crippen MR) is 53.7 cm³/mol. The number of ether oxygens (including phenoxy) is 1. The highest BCUT2D eigenvalue weighted by molar-refractivity contribution is 7.80. The number of esters is 1. The Morgan fingerprint density at radius 1 is 1.46 bits per heavy atom. The van der Waals surface area contributed by atoms with E-state index < -0.39 is 5.97 Å². The molecule has 0 aromatic heterocycles. The monoisotopic (exact) mass is 195 g/mol. The zero-order chi connectivity index (χ0) is 9.84. The minimum absolute atomic E-state index is 0.269. The predicted octanol–water partition coefficient (Wildman–Crippen LogP) is 1.11. The fourth-order valence-corrected chi connectivity index (χ4v) is 1.04. The summed E-state index contributed by atoms with van der Waals surface area (Å²) in [6, 6.07) is 6.71. The van der Waals surface area contributed by atoms with Crippen molar-refractivity contribution in [2.24, 2.45) is 5.73 Å². The summed E-state index contributed by atoms with van der Waals surface area (Å²) in [6.07, 6.45) is 0. The number of hydrogen-bond donors (Lipinski definition) is 1. The molecule has 0 unspecified atom stereocenters. The van der Waals surface area contributed by atoms with Gasteiger partial charge < -0.3 is 10.5 Å². The summed E-state index contributed by atoms with van der Waals surface area (Å²) >= 11 is 4.77. The molecule has 68 valence electrons. The third kappa shape index (κ3) is 2.26. The van der Waals surface area contributed by atoms with Gasteiger partial charge in [0.25, 0.3) is 0 Å². The molecular weight excluding hydrogens is 186 g/mol. The van der Waals surface area contributed by atoms with Gasteiger partial charge >= 0.3 is 5.97 Å². The summed E-state index contributed by atoms with van der Waals surface area (Å²) in [4.78, 5) is 11.4. The number of carbonyl (C=O) groups is 1. The number of thiocarbonyl (C=S) groups is 1. The summed E-state index contributed by atoms with van der Waals surface area (Å²) in [5, 5.41) is 0. The molecule has 0 amide bonds. The first kappa shape index (κ1) is 9.67. The van der Waals surface area contributed by atoms with E-state index in [2.05, 4.69) is 4.74 Å². The summed E-state index contributed by atoms with van der Waals surface area (Å²) in [7, 11) is 1.33. The molecule has 0 saturated heterocycles. The quantitative estimate of drug-likeness (QED) is 0.567. The van der Waals surface area contributed by atoms with E-state index in [1.54, 1.807) is 24.3 Å². The second kappa shape index (κ2) is 4.00. The molecule has 1 aromatic rings. The van der Waals surface area contributed by atoms with Crippen molar-refractivity contribution < 1.29 is 9.53 Å². The first-order chi connectivity index (χ1) is 6.15. The van der Waals surface area contributed by atoms with Gasteiger partial charge in [-0.05, 0) is 12.1 Å². The zero-order valence-corrected chi connectivity index (χ0v) is 7.93. The van der Waals surface area contributed by atoms with Crippen molar-refractivity contribution in [2.45, 2.75) is 0 Å². The van der Waals surface area contributed by atoms with Crippen molar-refractivity contribution >= 4 is 23.2 Å². The molecule has 0 spiro atoms. The molecule has 4 heteroatoms. The van der Waals surface area contributed by atoms with E-state index >= 15 is 0 Å². The summed E-state index contributed by atoms with van der Waals surface area (Å²) in [5.74, 6) is -0.391. The van der Waals surface area contributed by atoms with Crippen molar-refractivity contribution in [3.05, 3.63) is 35.4 Å². The Morgan fingerprint density at radius 2 is 2.08 bits per heavy atom. The standard InChI is InChI=1S/C9H9NO2S/c1-12-9(11)7-4-2-3-6(5-7)8(10)13/h2-5H,1H3,(H2,10,13). The molecule has 0 aliphatic carbocycles. The summed E-state index contributed by atoms with van der Waals surface area (Å²) < 4.78 is 4.55. The number of carbonyl (C=O) groups excluding carboxylic acids is 1. The third-order valence-corrected chi connectivity index (χ3v) is 1.80. The van der Waals surface area contributed by atoms with Gasteiger partial charge in [0, 0.05) is 5.56 Å². The van der Waals surface area contributed by atoms with Gasteiger partial charge in [-0.1, -0.05) is 24.4 Å². The fourth-order valence-electron chi connectivity index (χ4n) is 0.917. The van der Waals surface area contributed by atoms with E-state index in [1.807, 2.05) is 0 Å². The Morgan fingerprint density at radius 3 is 2.62 bits per heavy atom. The molecule has 0 aliphatic heterocycles. The van der Waals surface area contributed by atoms with Gasteiger partial charge in [-0.2, -0.15) is 0 Å². The molecule has 0 radical (unpaired) electrons. The van der Waals surface area contributed by atoms with Crippen LogP contribution in [0.5, 0.6) is 0 Å². The van der Waals surface area contributed by atoms with Crippen LogP contribution in [-0.2, 0) is 4.74 Å². The molecular formula is C9H9NO2S. The number of hydrogen-bond acceptors (Lipinski definition) is 3. The fraction of sp³-hybridized carbons (Fsp3) is 0.111. The van der Waals surface area contributed by atoms with Crippen LogP contribution in [0.25, 0.3) is 0 Å². The molecule has 3 nitrogen and oxygen atoms in total. The van der Waals surface area contributed by atoms with Crippen LogP contribution < -0.4 is 5.73 Å². The zero-order valence-electron chi connectivity index (χ0n) is 7.11. The molecule has 1 rings (SSSR count). The van der Waals surface area contributed by atoms with Crippen molar-refractivity contribution in [1.82, 2.24) is 0 Å². The minimum Gasteiger partial charge on any atom is -0.465 e. The lowest BCUT2D eigenvalue weighted by molar-refractivity contribution is 0.0600. The van der Waals surface area contributed by atoms with E-state index in [1.165, 1.54) is 7.11 Å². The number of rotatable bonds is 2. The van der Waals surface area contributed by atoms with Crippen LogP contribution in [0.4, 0.5) is 0 Å². The Labute approximate surface area is 81.5 Å². The highest BCUT2D eigenvalue weighted by Gasteiger charge is 2.05. The largest absolute Gasteiger partial charge is 0.465 e. The molecule has 0 heterocycles. The van der Waals surface area contributed by atoms with Crippen molar-refractivity contribution in [2.75, 3.05) is 7.11 Å². The Kier molecular flexibility index (Phi) is 2.97. The molecule has 1 aromatic carbocycles. The minimum atomic E-state index is -0.391. The first-order valence-corrected chi connectivity index (χ1v) is 4.04. The van der Waals surface area contributed by atoms with E-state index in [4.69, 9.17) is 18.0 Å². The van der Waals surface area contributed by atoms with Crippen LogP contribution in [0.15, 0.2) is 24.3 Å². The SMILES string of the molecule is COC(=O)c1cccc(C(N)=S)c1. The topological polar surface area (TPSA) is 52.3 Å². The summed E-state index contributed by atoms with van der Waals surface area (Å²) in [6.45, 7) is 0. The molecule has 0 atom stereocenters. The first-order valence-electron chi connectivity index (χ1n) is 3.63. The van der Waals surface area contributed by atoms with Crippen LogP contribution >= 0.6 is 12.2 Å². The van der Waals surface area contributed by atoms with E-state index in [0.717, 1.165) is 0 Å². The smallest absolute Gasteiger partial charge is 0.337 e. The number of benzene rings is 1. The Balaban J connectivity index is 3.05. The van der Waals surface area contributed by atoms with Crippen LogP contribution in [0.1, 0.15) is 15.9 Å². The highest BCUT2D eigenvalue weighted by atomic mass is 32.1. The number of methoxy groups -OCH3 is 1. The van der Waals surface area contributed by atoms with Crippen molar-refractivity contribution in [3.63, 3.8) is 0 Å². The van der Waals surface area contributed by atoms with Gasteiger partial charge in [0.15, 0.2) is 0 Å². The van der Waals surface area contributed by atoms with Gasteiger partial charge in [0.2, 0.25) is 0 Å². The average molecular weight is 195 g/mol. The van der Waals surface area contributed by atoms with Gasteiger partial charge in [0.05, 0.1) is 12.7 Å². The maximum Gasteiger partial charge on any atom is 0.337 e. The second-order valence-corrected chi connectivity index (χ2v) is 2.88. The molecule has 0 bridgehead atoms. The molecule has 0 fully saturated rings. The van der Waals surface area contributed by atoms with Gasteiger partial charge in [0.1, 0.15) is 4.99 Å². The Hall–Kier alpha value is -1.42. The van der Waals surface area contributed by atoms with E-state index in [0.29, 0.717) is 11.1 Å². The lowest BCUT2D eigenvalue weighted by atomic mass is 10.1. The van der Waals surface area contributed by atoms with Crippen LogP contribution in [-0.4, -0.2) is 18.1 Å². The maximum absolute atomic E-state index is 11.1. The van der Waals surface area contributed by atoms with Gasteiger partial charge in [-0.25, -0.2) is 4.79 Å². The van der Waals surface area contributed by atoms with Crippen LogP contribution in [0, 0.1) is 0 Å². The van der Waals surface area contributed by atoms with Crippen LogP contribution in [0.2, 0.25) is 0 Å². The van der Waals surface area contributed by atoms with Crippen LogP contribution in [0.3, 0.4) is 0 Å². The van der Waals surface area contributed by atoms with Crippen molar-refractivity contribution in [3.8, 4) is 0 Å². The Bertz CT molecular complexity index is 349. The number of nitrogens with two attached hydrogens (primary N) is 1. The summed E-state index contributed by atoms with van der Waals surface area (Å²) in [5.41, 5.74) is 6.52. The second-order valence-electron chi connectivity index (χ2n) is 2.44. The third-order valence-electron chi connectivity index (χ3n) is 1.57. The normalized spacial score (nSPS) is 9.31. The van der Waals surface area contributed by atoms with E-state index in [-0.39, 0.29) is 4.99 Å². The highest BCUT2D eigenvalue weighted by Crippen LogP contribution is 2.06. The molecule has 0 saturated carbocycles. The molecule has 0 aliphatic rings. The van der Waals surface area contributed by atoms with Gasteiger partial charge in [-0.3, -0.25) is 0 Å². The maximum atomic E-state index is 11.1. The lowest BCUT2D eigenvalue weighted by Crippen LogP contribution is -2.10. The van der Waals surface area contributed by atoms with E-state index in [9.17, 15) is 4.79 Å².